The summed E-state index contributed by atoms with van der Waals surface area (Å²) in [5.41, 5.74) is 1.85. The van der Waals surface area contributed by atoms with Gasteiger partial charge in [0.25, 0.3) is 5.91 Å². The molecule has 1 aliphatic heterocycles. The molecule has 3 aromatic rings. The second-order valence-electron chi connectivity index (χ2n) is 5.65. The monoisotopic (exact) mass is 350 g/mol. The minimum Gasteiger partial charge on any atom is -0.493 e. The molecule has 5 nitrogen and oxygen atoms in total. The molecule has 0 atom stereocenters. The minimum atomic E-state index is -0.436. The second kappa shape index (κ2) is 5.82. The van der Waals surface area contributed by atoms with Crippen molar-refractivity contribution in [3.63, 3.8) is 0 Å². The Kier molecular flexibility index (Phi) is 3.62. The number of aromatic nitrogens is 1. The van der Waals surface area contributed by atoms with Gasteiger partial charge in [-0.1, -0.05) is 54.7 Å². The summed E-state index contributed by atoms with van der Waals surface area (Å²) in [6.45, 7) is 1.98. The number of carbonyl (C=O) groups is 1. The van der Waals surface area contributed by atoms with Crippen LogP contribution in [0.4, 0.5) is 0 Å². The molecule has 0 bridgehead atoms. The van der Waals surface area contributed by atoms with Gasteiger partial charge < -0.3 is 5.11 Å². The third kappa shape index (κ3) is 2.34. The zero-order chi connectivity index (χ0) is 17.6. The number of aromatic hydroxyl groups is 1. The number of fused-ring (bicyclic) bond motifs is 1. The van der Waals surface area contributed by atoms with E-state index in [1.54, 1.807) is 30.3 Å². The average Bonchev–Trinajstić information content (AvgIpc) is 3.10. The molecule has 1 N–H and O–H groups in total. The van der Waals surface area contributed by atoms with E-state index in [1.165, 1.54) is 4.57 Å². The van der Waals surface area contributed by atoms with E-state index in [0.29, 0.717) is 16.3 Å². The highest BCUT2D eigenvalue weighted by molar-refractivity contribution is 7.11. The first kappa shape index (κ1) is 15.5. The van der Waals surface area contributed by atoms with Gasteiger partial charge in [0.1, 0.15) is 4.88 Å². The van der Waals surface area contributed by atoms with Crippen LogP contribution in [-0.2, 0) is 11.2 Å². The quantitative estimate of drug-likeness (QED) is 0.779. The SMILES string of the molecule is CCc1ccccc1-n1c(O)c(C2=c3ccccc3=NC2=O)sc1=O. The summed E-state index contributed by atoms with van der Waals surface area (Å²) in [7, 11) is 0. The number of para-hydroxylation sites is 2. The number of aryl methyl sites for hydroxylation is 1. The number of nitrogens with zero attached hydrogens (tertiary/aromatic N) is 2. The van der Waals surface area contributed by atoms with E-state index in [1.807, 2.05) is 25.1 Å². The zero-order valence-corrected chi connectivity index (χ0v) is 14.2. The van der Waals surface area contributed by atoms with E-state index in [-0.39, 0.29) is 21.2 Å². The number of rotatable bonds is 3. The second-order valence-corrected chi connectivity index (χ2v) is 6.61. The molecule has 0 radical (unpaired) electrons. The fourth-order valence-electron chi connectivity index (χ4n) is 3.05. The number of thiazole rings is 1. The Balaban J connectivity index is 2.02. The van der Waals surface area contributed by atoms with E-state index < -0.39 is 5.91 Å². The van der Waals surface area contributed by atoms with Crippen LogP contribution in [0, 0.1) is 0 Å². The van der Waals surface area contributed by atoms with E-state index in [9.17, 15) is 14.7 Å². The first-order valence-electron chi connectivity index (χ1n) is 7.87. The Morgan fingerprint density at radius 3 is 2.60 bits per heavy atom. The highest BCUT2D eigenvalue weighted by atomic mass is 32.1. The standard InChI is InChI=1S/C19H14N2O3S/c1-2-11-7-3-6-10-14(11)21-18(23)16(25-19(21)24)15-12-8-4-5-9-13(12)20-17(15)22/h3-10,23H,2H2,1H3. The van der Waals surface area contributed by atoms with Gasteiger partial charge in [-0.05, 0) is 24.1 Å². The molecule has 0 spiro atoms. The molecule has 1 aromatic heterocycles. The van der Waals surface area contributed by atoms with Crippen LogP contribution in [-0.4, -0.2) is 15.6 Å². The van der Waals surface area contributed by atoms with Gasteiger partial charge >= 0.3 is 4.87 Å². The van der Waals surface area contributed by atoms with Crippen molar-refractivity contribution in [1.82, 2.24) is 4.57 Å². The lowest BCUT2D eigenvalue weighted by Gasteiger charge is -2.09. The molecule has 0 unspecified atom stereocenters. The summed E-state index contributed by atoms with van der Waals surface area (Å²) >= 11 is 0.859. The molecule has 0 saturated carbocycles. The van der Waals surface area contributed by atoms with Gasteiger partial charge in [0.15, 0.2) is 0 Å². The molecule has 4 rings (SSSR count). The van der Waals surface area contributed by atoms with Gasteiger partial charge in [-0.3, -0.25) is 9.59 Å². The maximum absolute atomic E-state index is 12.6. The molecule has 25 heavy (non-hydrogen) atoms. The zero-order valence-electron chi connectivity index (χ0n) is 13.4. The van der Waals surface area contributed by atoms with Crippen molar-refractivity contribution in [2.75, 3.05) is 0 Å². The normalized spacial score (nSPS) is 13.0. The Morgan fingerprint density at radius 1 is 1.08 bits per heavy atom. The maximum atomic E-state index is 12.6. The molecule has 0 aliphatic carbocycles. The highest BCUT2D eigenvalue weighted by Gasteiger charge is 2.26. The molecule has 2 heterocycles. The van der Waals surface area contributed by atoms with Crippen LogP contribution in [0.3, 0.4) is 0 Å². The van der Waals surface area contributed by atoms with E-state index >= 15 is 0 Å². The number of benzene rings is 2. The predicted octanol–water partition coefficient (Wildman–Crippen LogP) is 1.53. The first-order valence-corrected chi connectivity index (χ1v) is 8.69. The van der Waals surface area contributed by atoms with Crippen molar-refractivity contribution in [3.8, 4) is 11.6 Å². The third-order valence-electron chi connectivity index (χ3n) is 4.24. The molecule has 2 aromatic carbocycles. The molecule has 0 saturated heterocycles. The fourth-order valence-corrected chi connectivity index (χ4v) is 3.98. The number of hydrogen-bond acceptors (Lipinski definition) is 4. The largest absolute Gasteiger partial charge is 0.493 e. The number of carbonyl (C=O) groups excluding carboxylic acids is 1. The van der Waals surface area contributed by atoms with Crippen LogP contribution in [0.5, 0.6) is 5.88 Å². The molecular weight excluding hydrogens is 336 g/mol. The lowest BCUT2D eigenvalue weighted by molar-refractivity contribution is -0.112. The summed E-state index contributed by atoms with van der Waals surface area (Å²) in [6.07, 6.45) is 0.723. The number of amides is 1. The van der Waals surface area contributed by atoms with Gasteiger partial charge in [0.05, 0.1) is 16.6 Å². The highest BCUT2D eigenvalue weighted by Crippen LogP contribution is 2.31. The van der Waals surface area contributed by atoms with E-state index in [4.69, 9.17) is 0 Å². The Labute approximate surface area is 146 Å². The van der Waals surface area contributed by atoms with Gasteiger partial charge in [0, 0.05) is 5.22 Å². The summed E-state index contributed by atoms with van der Waals surface area (Å²) in [5.74, 6) is -0.653. The van der Waals surface area contributed by atoms with Crippen LogP contribution >= 0.6 is 11.3 Å². The average molecular weight is 350 g/mol. The molecular formula is C19H14N2O3S. The van der Waals surface area contributed by atoms with Crippen molar-refractivity contribution < 1.29 is 9.90 Å². The van der Waals surface area contributed by atoms with Crippen LogP contribution < -0.4 is 15.4 Å². The summed E-state index contributed by atoms with van der Waals surface area (Å²) < 4.78 is 1.26. The maximum Gasteiger partial charge on any atom is 0.315 e. The lowest BCUT2D eigenvalue weighted by atomic mass is 10.1. The minimum absolute atomic E-state index is 0.217. The van der Waals surface area contributed by atoms with Crippen molar-refractivity contribution >= 4 is 22.8 Å². The topological polar surface area (TPSA) is 71.7 Å². The molecule has 1 amide bonds. The van der Waals surface area contributed by atoms with E-state index in [0.717, 1.165) is 23.3 Å². The van der Waals surface area contributed by atoms with Crippen molar-refractivity contribution in [3.05, 3.63) is 79.2 Å². The Morgan fingerprint density at radius 2 is 1.80 bits per heavy atom. The van der Waals surface area contributed by atoms with Crippen molar-refractivity contribution in [2.45, 2.75) is 13.3 Å². The predicted molar refractivity (Wildman–Crippen MR) is 95.7 cm³/mol. The fraction of sp³-hybridized carbons (Fsp3) is 0.105. The van der Waals surface area contributed by atoms with Crippen LogP contribution in [0.1, 0.15) is 17.4 Å². The first-order chi connectivity index (χ1) is 12.1. The Bertz CT molecular complexity index is 1190. The number of hydrogen-bond donors (Lipinski definition) is 1. The van der Waals surface area contributed by atoms with Crippen LogP contribution in [0.15, 0.2) is 58.3 Å². The molecule has 6 heteroatoms. The van der Waals surface area contributed by atoms with Gasteiger partial charge in [0.2, 0.25) is 5.88 Å². The van der Waals surface area contributed by atoms with Crippen molar-refractivity contribution in [2.24, 2.45) is 4.99 Å². The van der Waals surface area contributed by atoms with Crippen LogP contribution in [0.2, 0.25) is 0 Å². The summed E-state index contributed by atoms with van der Waals surface area (Å²) in [5, 5.41) is 11.9. The lowest BCUT2D eigenvalue weighted by Crippen LogP contribution is -2.22. The molecule has 0 fully saturated rings. The molecule has 1 aliphatic rings. The molecule has 124 valence electrons. The van der Waals surface area contributed by atoms with Gasteiger partial charge in [-0.25, -0.2) is 9.56 Å². The van der Waals surface area contributed by atoms with Crippen LogP contribution in [0.25, 0.3) is 11.3 Å². The smallest absolute Gasteiger partial charge is 0.315 e. The Hall–Kier alpha value is -2.99. The van der Waals surface area contributed by atoms with Crippen molar-refractivity contribution in [1.29, 1.82) is 0 Å². The summed E-state index contributed by atoms with van der Waals surface area (Å²) in [6, 6.07) is 14.5. The van der Waals surface area contributed by atoms with Gasteiger partial charge in [-0.15, -0.1) is 0 Å². The summed E-state index contributed by atoms with van der Waals surface area (Å²) in [4.78, 5) is 28.8. The van der Waals surface area contributed by atoms with Gasteiger partial charge in [-0.2, -0.15) is 0 Å². The third-order valence-corrected chi connectivity index (χ3v) is 5.18. The van der Waals surface area contributed by atoms with E-state index in [2.05, 4.69) is 4.99 Å².